The van der Waals surface area contributed by atoms with Gasteiger partial charge in [-0.05, 0) is 18.1 Å². The fraction of sp³-hybridized carbons (Fsp3) is 0.417. The van der Waals surface area contributed by atoms with Gasteiger partial charge >= 0.3 is 0 Å². The van der Waals surface area contributed by atoms with Gasteiger partial charge in [0.2, 0.25) is 5.91 Å². The molecule has 2 rings (SSSR count). The second-order valence-corrected chi connectivity index (χ2v) is 4.02. The van der Waals surface area contributed by atoms with Crippen LogP contribution in [0.3, 0.4) is 0 Å². The minimum atomic E-state index is 0.0927. The van der Waals surface area contributed by atoms with Gasteiger partial charge in [-0.3, -0.25) is 4.79 Å². The first-order valence-corrected chi connectivity index (χ1v) is 5.33. The van der Waals surface area contributed by atoms with Crippen molar-refractivity contribution in [2.75, 3.05) is 19.4 Å². The van der Waals surface area contributed by atoms with Crippen LogP contribution in [0, 0.1) is 0 Å². The van der Waals surface area contributed by atoms with Crippen molar-refractivity contribution >= 4 is 11.6 Å². The molecule has 0 saturated heterocycles. The Kier molecular flexibility index (Phi) is 2.73. The predicted molar refractivity (Wildman–Crippen MR) is 62.2 cm³/mol. The number of carbonyl (C=O) groups excluding carboxylic acids is 1. The van der Waals surface area contributed by atoms with Crippen LogP contribution in [0.15, 0.2) is 12.1 Å². The number of nitrogen functional groups attached to an aromatic ring is 1. The summed E-state index contributed by atoms with van der Waals surface area (Å²) in [5, 5.41) is 0. The van der Waals surface area contributed by atoms with Crippen LogP contribution >= 0.6 is 0 Å². The van der Waals surface area contributed by atoms with E-state index in [1.807, 2.05) is 17.0 Å². The molecule has 1 aliphatic heterocycles. The summed E-state index contributed by atoms with van der Waals surface area (Å²) in [5.41, 5.74) is 8.75. The maximum absolute atomic E-state index is 11.3. The average Bonchev–Trinajstić information content (AvgIpc) is 2.28. The number of rotatable bonds is 1. The first kappa shape index (κ1) is 10.8. The van der Waals surface area contributed by atoms with Crippen LogP contribution in [-0.2, 0) is 17.8 Å². The van der Waals surface area contributed by atoms with Crippen LogP contribution in [-0.4, -0.2) is 24.5 Å². The standard InChI is InChI=1S/C12H16N2O2/c1-8(15)14-6-5-9-3-4-11(13)12(16-2)10(9)7-14/h3-4H,5-7,13H2,1-2H3. The molecule has 4 nitrogen and oxygen atoms in total. The number of amides is 1. The number of nitrogens with zero attached hydrogens (tertiary/aromatic N) is 1. The molecule has 0 aliphatic carbocycles. The van der Waals surface area contributed by atoms with E-state index in [-0.39, 0.29) is 5.91 Å². The van der Waals surface area contributed by atoms with E-state index < -0.39 is 0 Å². The van der Waals surface area contributed by atoms with E-state index in [0.717, 1.165) is 18.5 Å². The lowest BCUT2D eigenvalue weighted by atomic mass is 9.98. The predicted octanol–water partition coefficient (Wildman–Crippen LogP) is 1.18. The third kappa shape index (κ3) is 1.71. The number of anilines is 1. The number of ether oxygens (including phenoxy) is 1. The van der Waals surface area contributed by atoms with E-state index in [0.29, 0.717) is 18.0 Å². The molecule has 0 fully saturated rings. The lowest BCUT2D eigenvalue weighted by molar-refractivity contribution is -0.129. The van der Waals surface area contributed by atoms with Crippen LogP contribution in [0.5, 0.6) is 5.75 Å². The van der Waals surface area contributed by atoms with E-state index >= 15 is 0 Å². The van der Waals surface area contributed by atoms with E-state index in [9.17, 15) is 4.79 Å². The zero-order valence-corrected chi connectivity index (χ0v) is 9.62. The molecule has 1 aromatic rings. The summed E-state index contributed by atoms with van der Waals surface area (Å²) in [4.78, 5) is 13.2. The largest absolute Gasteiger partial charge is 0.494 e. The normalized spacial score (nSPS) is 14.5. The molecule has 86 valence electrons. The van der Waals surface area contributed by atoms with Crippen LogP contribution in [0.2, 0.25) is 0 Å². The molecule has 0 aromatic heterocycles. The molecule has 16 heavy (non-hydrogen) atoms. The maximum atomic E-state index is 11.3. The minimum Gasteiger partial charge on any atom is -0.494 e. The highest BCUT2D eigenvalue weighted by atomic mass is 16.5. The quantitative estimate of drug-likeness (QED) is 0.723. The van der Waals surface area contributed by atoms with Gasteiger partial charge in [0.1, 0.15) is 5.75 Å². The zero-order chi connectivity index (χ0) is 11.7. The summed E-state index contributed by atoms with van der Waals surface area (Å²) < 4.78 is 5.31. The first-order valence-electron chi connectivity index (χ1n) is 5.33. The fourth-order valence-electron chi connectivity index (χ4n) is 2.13. The molecule has 1 amide bonds. The SMILES string of the molecule is COc1c(N)ccc2c1CN(C(C)=O)CC2. The fourth-order valence-corrected chi connectivity index (χ4v) is 2.13. The van der Waals surface area contributed by atoms with Crippen molar-refractivity contribution in [3.05, 3.63) is 23.3 Å². The molecule has 0 unspecified atom stereocenters. The van der Waals surface area contributed by atoms with Gasteiger partial charge in [0.15, 0.2) is 0 Å². The van der Waals surface area contributed by atoms with Gasteiger partial charge in [-0.1, -0.05) is 6.07 Å². The lowest BCUT2D eigenvalue weighted by Gasteiger charge is -2.29. The zero-order valence-electron chi connectivity index (χ0n) is 9.62. The molecule has 1 aliphatic rings. The van der Waals surface area contributed by atoms with E-state index in [4.69, 9.17) is 10.5 Å². The second kappa shape index (κ2) is 4.04. The smallest absolute Gasteiger partial charge is 0.219 e. The Balaban J connectivity index is 2.41. The molecule has 2 N–H and O–H groups in total. The third-order valence-corrected chi connectivity index (χ3v) is 3.04. The number of nitrogens with two attached hydrogens (primary N) is 1. The Morgan fingerprint density at radius 2 is 2.25 bits per heavy atom. The van der Waals surface area contributed by atoms with E-state index in [1.54, 1.807) is 14.0 Å². The highest BCUT2D eigenvalue weighted by Gasteiger charge is 2.22. The number of hydrogen-bond acceptors (Lipinski definition) is 3. The van der Waals surface area contributed by atoms with Crippen LogP contribution in [0.25, 0.3) is 0 Å². The molecule has 0 saturated carbocycles. The Morgan fingerprint density at radius 1 is 1.50 bits per heavy atom. The van der Waals surface area contributed by atoms with Crippen molar-refractivity contribution in [3.63, 3.8) is 0 Å². The van der Waals surface area contributed by atoms with Gasteiger partial charge in [-0.15, -0.1) is 0 Å². The summed E-state index contributed by atoms with van der Waals surface area (Å²) in [5.74, 6) is 0.804. The van der Waals surface area contributed by atoms with Gasteiger partial charge < -0.3 is 15.4 Å². The molecule has 1 heterocycles. The summed E-state index contributed by atoms with van der Waals surface area (Å²) >= 11 is 0. The highest BCUT2D eigenvalue weighted by Crippen LogP contribution is 2.33. The highest BCUT2D eigenvalue weighted by molar-refractivity contribution is 5.74. The number of benzene rings is 1. The van der Waals surface area contributed by atoms with Gasteiger partial charge in [-0.25, -0.2) is 0 Å². The molecule has 0 spiro atoms. The molecule has 0 atom stereocenters. The van der Waals surface area contributed by atoms with Gasteiger partial charge in [0.05, 0.1) is 12.8 Å². The summed E-state index contributed by atoms with van der Waals surface area (Å²) in [6, 6.07) is 3.88. The van der Waals surface area contributed by atoms with E-state index in [2.05, 4.69) is 0 Å². The molecule has 1 aromatic carbocycles. The molecular weight excluding hydrogens is 204 g/mol. The van der Waals surface area contributed by atoms with Crippen molar-refractivity contribution in [1.82, 2.24) is 4.90 Å². The Morgan fingerprint density at radius 3 is 2.88 bits per heavy atom. The van der Waals surface area contributed by atoms with Crippen molar-refractivity contribution in [3.8, 4) is 5.75 Å². The number of fused-ring (bicyclic) bond motifs is 1. The molecule has 0 bridgehead atoms. The average molecular weight is 220 g/mol. The van der Waals surface area contributed by atoms with Crippen molar-refractivity contribution in [2.24, 2.45) is 0 Å². The van der Waals surface area contributed by atoms with Crippen molar-refractivity contribution < 1.29 is 9.53 Å². The summed E-state index contributed by atoms with van der Waals surface area (Å²) in [7, 11) is 1.61. The molecule has 0 radical (unpaired) electrons. The Bertz CT molecular complexity index is 429. The lowest BCUT2D eigenvalue weighted by Crippen LogP contribution is -2.34. The minimum absolute atomic E-state index is 0.0927. The van der Waals surface area contributed by atoms with Crippen LogP contribution < -0.4 is 10.5 Å². The summed E-state index contributed by atoms with van der Waals surface area (Å²) in [6.45, 7) is 2.96. The molecule has 4 heteroatoms. The Hall–Kier alpha value is -1.71. The van der Waals surface area contributed by atoms with Crippen molar-refractivity contribution in [1.29, 1.82) is 0 Å². The number of hydrogen-bond donors (Lipinski definition) is 1. The monoisotopic (exact) mass is 220 g/mol. The van der Waals surface area contributed by atoms with Gasteiger partial charge in [-0.2, -0.15) is 0 Å². The van der Waals surface area contributed by atoms with Gasteiger partial charge in [0, 0.05) is 25.6 Å². The maximum Gasteiger partial charge on any atom is 0.219 e. The van der Waals surface area contributed by atoms with Crippen LogP contribution in [0.4, 0.5) is 5.69 Å². The Labute approximate surface area is 95.0 Å². The number of methoxy groups -OCH3 is 1. The third-order valence-electron chi connectivity index (χ3n) is 3.04. The van der Waals surface area contributed by atoms with Crippen LogP contribution in [0.1, 0.15) is 18.1 Å². The van der Waals surface area contributed by atoms with E-state index in [1.165, 1.54) is 5.56 Å². The second-order valence-electron chi connectivity index (χ2n) is 4.02. The van der Waals surface area contributed by atoms with Gasteiger partial charge in [0.25, 0.3) is 0 Å². The van der Waals surface area contributed by atoms with Crippen molar-refractivity contribution in [2.45, 2.75) is 19.9 Å². The molecular formula is C12H16N2O2. The number of carbonyl (C=O) groups is 1. The first-order chi connectivity index (χ1) is 7.63. The summed E-state index contributed by atoms with van der Waals surface area (Å²) in [6.07, 6.45) is 0.867. The topological polar surface area (TPSA) is 55.6 Å².